The third-order valence-corrected chi connectivity index (χ3v) is 13.4. The first-order valence-electron chi connectivity index (χ1n) is 21.2. The number of nitrogens with zero attached hydrogens (tertiary/aromatic N) is 7. The normalized spacial score (nSPS) is 18.3. The fourth-order valence-electron chi connectivity index (χ4n) is 8.96. The molecule has 2 N–H and O–H groups in total. The summed E-state index contributed by atoms with van der Waals surface area (Å²) in [4.78, 5) is 109. The largest absolute Gasteiger partial charge is 0.367 e. The highest BCUT2D eigenvalue weighted by atomic mass is 32.2. The van der Waals surface area contributed by atoms with Gasteiger partial charge >= 0.3 is 0 Å². The van der Waals surface area contributed by atoms with Crippen LogP contribution < -0.4 is 21.1 Å². The van der Waals surface area contributed by atoms with Gasteiger partial charge in [0.1, 0.15) is 17.5 Å². The maximum atomic E-state index is 13.6. The Morgan fingerprint density at radius 1 is 0.885 bits per heavy atom. The van der Waals surface area contributed by atoms with E-state index in [1.165, 1.54) is 18.7 Å². The Kier molecular flexibility index (Phi) is 12.3. The van der Waals surface area contributed by atoms with Crippen molar-refractivity contribution in [1.29, 1.82) is 0 Å². The molecule has 8 rings (SSSR count). The summed E-state index contributed by atoms with van der Waals surface area (Å²) in [6.07, 6.45) is 11.4. The van der Waals surface area contributed by atoms with E-state index in [9.17, 15) is 33.6 Å². The zero-order chi connectivity index (χ0) is 42.8. The van der Waals surface area contributed by atoms with Crippen molar-refractivity contribution in [2.45, 2.75) is 101 Å². The number of aryl methyl sites for hydroxylation is 1. The average molecular weight is 848 g/mol. The van der Waals surface area contributed by atoms with Crippen LogP contribution in [-0.2, 0) is 14.4 Å². The van der Waals surface area contributed by atoms with Gasteiger partial charge in [-0.05, 0) is 81.5 Å². The highest BCUT2D eigenvalue weighted by molar-refractivity contribution is 7.99. The van der Waals surface area contributed by atoms with E-state index >= 15 is 0 Å². The van der Waals surface area contributed by atoms with Gasteiger partial charge in [-0.25, -0.2) is 9.97 Å². The van der Waals surface area contributed by atoms with Crippen LogP contribution in [-0.4, -0.2) is 103 Å². The van der Waals surface area contributed by atoms with Crippen molar-refractivity contribution in [2.75, 3.05) is 42.1 Å². The molecule has 61 heavy (non-hydrogen) atoms. The number of pyridine rings is 2. The van der Waals surface area contributed by atoms with E-state index in [2.05, 4.69) is 25.5 Å². The van der Waals surface area contributed by atoms with Gasteiger partial charge in [-0.15, -0.1) is 11.8 Å². The van der Waals surface area contributed by atoms with E-state index in [-0.39, 0.29) is 47.3 Å². The first-order valence-corrected chi connectivity index (χ1v) is 22.1. The lowest BCUT2D eigenvalue weighted by atomic mass is 10.0. The van der Waals surface area contributed by atoms with Crippen molar-refractivity contribution in [1.82, 2.24) is 34.6 Å². The van der Waals surface area contributed by atoms with Crippen LogP contribution in [0.2, 0.25) is 0 Å². The molecule has 1 aromatic carbocycles. The Morgan fingerprint density at radius 2 is 1.66 bits per heavy atom. The molecule has 3 aliphatic heterocycles. The fraction of sp³-hybridized carbons (Fsp3) is 0.455. The van der Waals surface area contributed by atoms with Crippen molar-refractivity contribution in [3.63, 3.8) is 0 Å². The number of hydrogen-bond donors (Lipinski definition) is 2. The molecule has 3 fully saturated rings. The molecule has 1 saturated carbocycles. The van der Waals surface area contributed by atoms with Gasteiger partial charge < -0.3 is 15.1 Å². The first kappa shape index (κ1) is 41.8. The van der Waals surface area contributed by atoms with E-state index in [4.69, 9.17) is 4.98 Å². The van der Waals surface area contributed by atoms with Crippen LogP contribution in [0.5, 0.6) is 0 Å². The summed E-state index contributed by atoms with van der Waals surface area (Å²) in [5.41, 5.74) is 2.57. The lowest BCUT2D eigenvalue weighted by molar-refractivity contribution is -0.136. The van der Waals surface area contributed by atoms with Crippen molar-refractivity contribution >= 4 is 75.6 Å². The molecule has 17 heteroatoms. The van der Waals surface area contributed by atoms with Crippen molar-refractivity contribution in [2.24, 2.45) is 0 Å². The summed E-state index contributed by atoms with van der Waals surface area (Å²) >= 11 is 1.51. The number of thioether (sulfide) groups is 1. The van der Waals surface area contributed by atoms with Gasteiger partial charge in [-0.3, -0.25) is 48.3 Å². The third-order valence-electron chi connectivity index (χ3n) is 12.2. The molecule has 1 aliphatic carbocycles. The second-order valence-electron chi connectivity index (χ2n) is 16.1. The number of amides is 5. The number of unbranched alkanes of at least 4 members (excludes halogenated alkanes) is 3. The fourth-order valence-corrected chi connectivity index (χ4v) is 10.0. The van der Waals surface area contributed by atoms with Crippen LogP contribution in [0.1, 0.15) is 120 Å². The van der Waals surface area contributed by atoms with Crippen molar-refractivity contribution in [3.05, 3.63) is 75.3 Å². The molecule has 16 nitrogen and oxygen atoms in total. The number of piperidine rings is 1. The Bertz CT molecular complexity index is 2480. The second kappa shape index (κ2) is 17.9. The third kappa shape index (κ3) is 8.52. The van der Waals surface area contributed by atoms with E-state index < -0.39 is 29.7 Å². The SMILES string of the molecule is CC(=O)c1c(C)c2cnc(Nc3ccc(N4CCN(C(=O)CCCCCCSc5cccc6c5C(=O)N(C5CCC(=O)NC5=O)C6=O)CC4)cn3)nc2n(C2CCCC2)c1=O. The maximum Gasteiger partial charge on any atom is 0.263 e. The molecule has 0 spiro atoms. The second-order valence-corrected chi connectivity index (χ2v) is 17.3. The number of Topliss-reactive ketones (excluding diaryl/α,β-unsaturated/α-hetero) is 1. The van der Waals surface area contributed by atoms with E-state index in [1.54, 1.807) is 36.0 Å². The molecule has 0 radical (unpaired) electrons. The molecule has 0 bridgehead atoms. The molecule has 1 atom stereocenters. The number of benzene rings is 1. The lowest BCUT2D eigenvalue weighted by Gasteiger charge is -2.36. The van der Waals surface area contributed by atoms with Gasteiger partial charge in [0.15, 0.2) is 5.78 Å². The number of aromatic nitrogens is 4. The van der Waals surface area contributed by atoms with E-state index in [1.807, 2.05) is 23.1 Å². The van der Waals surface area contributed by atoms with Gasteiger partial charge in [0, 0.05) is 61.5 Å². The van der Waals surface area contributed by atoms with Crippen molar-refractivity contribution < 1.29 is 28.8 Å². The van der Waals surface area contributed by atoms with Gasteiger partial charge in [0.2, 0.25) is 23.7 Å². The Hall–Kier alpha value is -5.97. The summed E-state index contributed by atoms with van der Waals surface area (Å²) in [6, 6.07) is 7.99. The van der Waals surface area contributed by atoms with E-state index in [0.29, 0.717) is 71.4 Å². The molecular formula is C44H49N9O7S. The van der Waals surface area contributed by atoms with Crippen LogP contribution in [0.4, 0.5) is 17.5 Å². The molecular weight excluding hydrogens is 799 g/mol. The first-order chi connectivity index (χ1) is 29.5. The Labute approximate surface area is 356 Å². The molecule has 2 saturated heterocycles. The smallest absolute Gasteiger partial charge is 0.263 e. The molecule has 318 valence electrons. The highest BCUT2D eigenvalue weighted by Crippen LogP contribution is 2.35. The summed E-state index contributed by atoms with van der Waals surface area (Å²) in [5.74, 6) is -0.538. The van der Waals surface area contributed by atoms with Crippen molar-refractivity contribution in [3.8, 4) is 0 Å². The summed E-state index contributed by atoms with van der Waals surface area (Å²) in [6.45, 7) is 5.82. The number of carbonyl (C=O) groups is 6. The minimum absolute atomic E-state index is 0.00984. The Morgan fingerprint density at radius 3 is 2.38 bits per heavy atom. The number of rotatable bonds is 14. The van der Waals surface area contributed by atoms with Crippen LogP contribution in [0.25, 0.3) is 11.0 Å². The molecule has 6 heterocycles. The number of nitrogens with one attached hydrogen (secondary N) is 2. The maximum absolute atomic E-state index is 13.6. The van der Waals surface area contributed by atoms with E-state index in [0.717, 1.165) is 67.7 Å². The quantitative estimate of drug-likeness (QED) is 0.0714. The van der Waals surface area contributed by atoms with Crippen LogP contribution in [0, 0.1) is 6.92 Å². The molecule has 1 unspecified atom stereocenters. The predicted octanol–water partition coefficient (Wildman–Crippen LogP) is 5.35. The number of fused-ring (bicyclic) bond motifs is 2. The van der Waals surface area contributed by atoms with Crippen LogP contribution in [0.3, 0.4) is 0 Å². The zero-order valence-corrected chi connectivity index (χ0v) is 35.2. The minimum Gasteiger partial charge on any atom is -0.367 e. The summed E-state index contributed by atoms with van der Waals surface area (Å²) in [7, 11) is 0. The lowest BCUT2D eigenvalue weighted by Crippen LogP contribution is -2.54. The zero-order valence-electron chi connectivity index (χ0n) is 34.4. The molecule has 4 aromatic rings. The summed E-state index contributed by atoms with van der Waals surface area (Å²) < 4.78 is 1.69. The topological polar surface area (TPSA) is 197 Å². The number of imide groups is 2. The number of piperazine rings is 1. The highest BCUT2D eigenvalue weighted by Gasteiger charge is 2.45. The monoisotopic (exact) mass is 847 g/mol. The van der Waals surface area contributed by atoms with Gasteiger partial charge in [-0.2, -0.15) is 4.98 Å². The summed E-state index contributed by atoms with van der Waals surface area (Å²) in [5, 5.41) is 6.09. The Balaban J connectivity index is 0.772. The number of hydrogen-bond acceptors (Lipinski definition) is 13. The molecule has 4 aliphatic rings. The minimum atomic E-state index is -0.991. The van der Waals surface area contributed by atoms with Crippen LogP contribution in [0.15, 0.2) is 52.4 Å². The number of carbonyl (C=O) groups excluding carboxylic acids is 6. The molecule has 5 amide bonds. The number of anilines is 3. The standard InChI is InChI=1S/C44H49N9O7S/c1-26-31-25-46-44(49-39(31)52(28-10-6-7-11-28)42(59)37(26)27(2)54)47-34-17-15-29(24-45-34)50-19-21-51(22-20-50)36(56)14-5-3-4-8-23-61-33-13-9-12-30-38(33)43(60)53(41(30)58)32-16-18-35(55)48-40(32)57/h9,12-13,15,17,24-25,28,32H,3-8,10-11,14,16,18-23H2,1-2H3,(H,48,55,57)(H,45,46,47,49). The van der Waals surface area contributed by atoms with Crippen LogP contribution >= 0.6 is 11.8 Å². The van der Waals surface area contributed by atoms with Gasteiger partial charge in [0.25, 0.3) is 17.4 Å². The average Bonchev–Trinajstić information content (AvgIpc) is 3.87. The van der Waals surface area contributed by atoms with Gasteiger partial charge in [-0.1, -0.05) is 31.7 Å². The van der Waals surface area contributed by atoms with Gasteiger partial charge in [0.05, 0.1) is 28.6 Å². The number of ketones is 1. The molecule has 3 aromatic heterocycles. The predicted molar refractivity (Wildman–Crippen MR) is 229 cm³/mol.